The molecule has 0 spiro atoms. The first-order chi connectivity index (χ1) is 11.2. The molecule has 2 aromatic carbocycles. The van der Waals surface area contributed by atoms with Crippen LogP contribution in [0, 0.1) is 0 Å². The van der Waals surface area contributed by atoms with Crippen LogP contribution < -0.4 is 10.3 Å². The van der Waals surface area contributed by atoms with Crippen LogP contribution in [0.3, 0.4) is 0 Å². The lowest BCUT2D eigenvalue weighted by Crippen LogP contribution is -2.22. The fourth-order valence-electron chi connectivity index (χ4n) is 2.37. The Balaban J connectivity index is 2.01. The number of ether oxygens (including phenoxy) is 1. The zero-order valence-corrected chi connectivity index (χ0v) is 14.2. The molecule has 1 heterocycles. The molecule has 0 aliphatic rings. The summed E-state index contributed by atoms with van der Waals surface area (Å²) >= 11 is 3.44. The quantitative estimate of drug-likeness (QED) is 0.702. The Hall–Kier alpha value is -2.40. The topological polar surface area (TPSA) is 44.1 Å². The Kier molecular flexibility index (Phi) is 4.57. The third-order valence-corrected chi connectivity index (χ3v) is 3.96. The summed E-state index contributed by atoms with van der Waals surface area (Å²) in [6.07, 6.45) is 0. The van der Waals surface area contributed by atoms with E-state index in [2.05, 4.69) is 21.0 Å². The molecule has 0 atom stereocenters. The van der Waals surface area contributed by atoms with Crippen LogP contribution in [0.15, 0.2) is 69.9 Å². The van der Waals surface area contributed by atoms with Gasteiger partial charge in [0.05, 0.1) is 19.3 Å². The van der Waals surface area contributed by atoms with Gasteiger partial charge in [-0.25, -0.2) is 4.68 Å². The average molecular weight is 371 g/mol. The smallest absolute Gasteiger partial charge is 0.267 e. The first-order valence-corrected chi connectivity index (χ1v) is 7.92. The number of hydrogen-bond acceptors (Lipinski definition) is 3. The maximum absolute atomic E-state index is 12.1. The fraction of sp³-hybridized carbons (Fsp3) is 0.111. The van der Waals surface area contributed by atoms with Crippen LogP contribution in [0.4, 0.5) is 0 Å². The van der Waals surface area contributed by atoms with Crippen LogP contribution in [-0.4, -0.2) is 16.9 Å². The molecule has 0 saturated carbocycles. The Labute approximate surface area is 142 Å². The molecule has 1 aromatic heterocycles. The van der Waals surface area contributed by atoms with E-state index in [4.69, 9.17) is 4.74 Å². The third kappa shape index (κ3) is 3.51. The number of aromatic nitrogens is 2. The predicted molar refractivity (Wildman–Crippen MR) is 93.7 cm³/mol. The van der Waals surface area contributed by atoms with Crippen molar-refractivity contribution in [2.45, 2.75) is 6.54 Å². The summed E-state index contributed by atoms with van der Waals surface area (Å²) in [4.78, 5) is 12.1. The van der Waals surface area contributed by atoms with Crippen molar-refractivity contribution in [3.05, 3.63) is 81.1 Å². The standard InChI is InChI=1S/C18H15BrN2O2/c1-23-17-8-3-2-7-15(17)16-9-10-18(22)21(20-16)12-13-5-4-6-14(19)11-13/h2-11H,12H2,1H3. The van der Waals surface area contributed by atoms with Gasteiger partial charge >= 0.3 is 0 Å². The zero-order valence-electron chi connectivity index (χ0n) is 12.6. The second-order valence-electron chi connectivity index (χ2n) is 5.04. The Morgan fingerprint density at radius 3 is 2.70 bits per heavy atom. The molecule has 3 rings (SSSR count). The molecule has 0 N–H and O–H groups in total. The number of hydrogen-bond donors (Lipinski definition) is 0. The maximum atomic E-state index is 12.1. The van der Waals surface area contributed by atoms with E-state index in [0.29, 0.717) is 12.2 Å². The predicted octanol–water partition coefficient (Wildman–Crippen LogP) is 3.73. The number of benzene rings is 2. The van der Waals surface area contributed by atoms with Gasteiger partial charge in [-0.2, -0.15) is 5.10 Å². The van der Waals surface area contributed by atoms with Crippen molar-refractivity contribution in [2.75, 3.05) is 7.11 Å². The van der Waals surface area contributed by atoms with Crippen LogP contribution in [0.2, 0.25) is 0 Å². The fourth-order valence-corrected chi connectivity index (χ4v) is 2.82. The van der Waals surface area contributed by atoms with Gasteiger partial charge in [0.15, 0.2) is 0 Å². The molecule has 5 heteroatoms. The summed E-state index contributed by atoms with van der Waals surface area (Å²) < 4.78 is 7.81. The Bertz CT molecular complexity index is 890. The molecule has 0 bridgehead atoms. The van der Waals surface area contributed by atoms with Crippen molar-refractivity contribution in [1.29, 1.82) is 0 Å². The van der Waals surface area contributed by atoms with Crippen molar-refractivity contribution >= 4 is 15.9 Å². The molecule has 116 valence electrons. The van der Waals surface area contributed by atoms with E-state index >= 15 is 0 Å². The minimum atomic E-state index is -0.136. The summed E-state index contributed by atoms with van der Waals surface area (Å²) in [6, 6.07) is 18.7. The molecule has 0 amide bonds. The average Bonchev–Trinajstić information content (AvgIpc) is 2.57. The van der Waals surface area contributed by atoms with Crippen LogP contribution in [-0.2, 0) is 6.54 Å². The van der Waals surface area contributed by atoms with Crippen LogP contribution in [0.25, 0.3) is 11.3 Å². The minimum absolute atomic E-state index is 0.136. The van der Waals surface area contributed by atoms with E-state index in [1.165, 1.54) is 10.7 Å². The SMILES string of the molecule is COc1ccccc1-c1ccc(=O)n(Cc2cccc(Br)c2)n1. The van der Waals surface area contributed by atoms with Crippen LogP contribution in [0.5, 0.6) is 5.75 Å². The number of halogens is 1. The lowest BCUT2D eigenvalue weighted by atomic mass is 10.1. The van der Waals surface area contributed by atoms with E-state index in [9.17, 15) is 4.79 Å². The molecule has 0 unspecified atom stereocenters. The van der Waals surface area contributed by atoms with Gasteiger partial charge in [0, 0.05) is 16.1 Å². The van der Waals surface area contributed by atoms with Crippen molar-refractivity contribution in [3.8, 4) is 17.0 Å². The van der Waals surface area contributed by atoms with Gasteiger partial charge in [0.2, 0.25) is 0 Å². The third-order valence-electron chi connectivity index (χ3n) is 3.47. The summed E-state index contributed by atoms with van der Waals surface area (Å²) in [5.74, 6) is 0.729. The molecule has 0 aliphatic carbocycles. The van der Waals surface area contributed by atoms with Crippen molar-refractivity contribution < 1.29 is 4.74 Å². The molecular formula is C18H15BrN2O2. The largest absolute Gasteiger partial charge is 0.496 e. The Morgan fingerprint density at radius 2 is 1.91 bits per heavy atom. The highest BCUT2D eigenvalue weighted by Gasteiger charge is 2.09. The molecule has 23 heavy (non-hydrogen) atoms. The maximum Gasteiger partial charge on any atom is 0.267 e. The lowest BCUT2D eigenvalue weighted by Gasteiger charge is -2.10. The number of nitrogens with zero attached hydrogens (tertiary/aromatic N) is 2. The summed E-state index contributed by atoms with van der Waals surface area (Å²) in [5.41, 5.74) is 2.44. The van der Waals surface area contributed by atoms with Gasteiger partial charge in [-0.1, -0.05) is 40.2 Å². The number of para-hydroxylation sites is 1. The first-order valence-electron chi connectivity index (χ1n) is 7.13. The molecule has 0 saturated heterocycles. The van der Waals surface area contributed by atoms with Gasteiger partial charge in [-0.15, -0.1) is 0 Å². The summed E-state index contributed by atoms with van der Waals surface area (Å²) in [5, 5.41) is 4.48. The van der Waals surface area contributed by atoms with Crippen LogP contribution in [0.1, 0.15) is 5.56 Å². The Morgan fingerprint density at radius 1 is 1.09 bits per heavy atom. The second kappa shape index (κ2) is 6.79. The summed E-state index contributed by atoms with van der Waals surface area (Å²) in [7, 11) is 1.62. The molecular weight excluding hydrogens is 356 g/mol. The highest BCUT2D eigenvalue weighted by molar-refractivity contribution is 9.10. The van der Waals surface area contributed by atoms with E-state index in [0.717, 1.165) is 21.3 Å². The molecule has 0 radical (unpaired) electrons. The van der Waals surface area contributed by atoms with Gasteiger partial charge < -0.3 is 4.74 Å². The van der Waals surface area contributed by atoms with Crippen molar-refractivity contribution in [2.24, 2.45) is 0 Å². The minimum Gasteiger partial charge on any atom is -0.496 e. The number of rotatable bonds is 4. The molecule has 0 aliphatic heterocycles. The summed E-state index contributed by atoms with van der Waals surface area (Å²) in [6.45, 7) is 0.418. The molecule has 0 fully saturated rings. The van der Waals surface area contributed by atoms with E-state index in [1.807, 2.05) is 48.5 Å². The van der Waals surface area contributed by atoms with Crippen molar-refractivity contribution in [1.82, 2.24) is 9.78 Å². The highest BCUT2D eigenvalue weighted by atomic mass is 79.9. The monoisotopic (exact) mass is 370 g/mol. The van der Waals surface area contributed by atoms with Gasteiger partial charge in [0.25, 0.3) is 5.56 Å². The zero-order chi connectivity index (χ0) is 16.2. The molecule has 3 aromatic rings. The lowest BCUT2D eigenvalue weighted by molar-refractivity contribution is 0.416. The number of methoxy groups -OCH3 is 1. The molecule has 4 nitrogen and oxygen atoms in total. The van der Waals surface area contributed by atoms with E-state index in [1.54, 1.807) is 13.2 Å². The van der Waals surface area contributed by atoms with Gasteiger partial charge in [-0.3, -0.25) is 4.79 Å². The first kappa shape index (κ1) is 15.5. The van der Waals surface area contributed by atoms with Gasteiger partial charge in [-0.05, 0) is 35.9 Å². The highest BCUT2D eigenvalue weighted by Crippen LogP contribution is 2.27. The van der Waals surface area contributed by atoms with Crippen molar-refractivity contribution in [3.63, 3.8) is 0 Å². The van der Waals surface area contributed by atoms with Crippen LogP contribution >= 0.6 is 15.9 Å². The van der Waals surface area contributed by atoms with E-state index in [-0.39, 0.29) is 5.56 Å². The van der Waals surface area contributed by atoms with E-state index < -0.39 is 0 Å². The second-order valence-corrected chi connectivity index (χ2v) is 5.96. The normalized spacial score (nSPS) is 10.5. The van der Waals surface area contributed by atoms with Gasteiger partial charge in [0.1, 0.15) is 5.75 Å².